The Hall–Kier alpha value is -17.6. The molecule has 0 N–H and O–H groups in total. The van der Waals surface area contributed by atoms with E-state index >= 15 is 0 Å². The molecule has 0 heteroatoms. The van der Waals surface area contributed by atoms with E-state index in [-0.39, 0.29) is 24.2 Å². The van der Waals surface area contributed by atoms with Crippen molar-refractivity contribution >= 4 is 0 Å². The van der Waals surface area contributed by atoms with E-state index in [1.165, 1.54) is 0 Å². The van der Waals surface area contributed by atoms with Crippen LogP contribution in [0.25, 0.3) is 0 Å². The Labute approximate surface area is 599 Å². The summed E-state index contributed by atoms with van der Waals surface area (Å²) in [6, 6.07) is 0. The molecule has 0 aromatic carbocycles. The third kappa shape index (κ3) is 54.5. The molecule has 0 radical (unpaired) electrons. The molecule has 0 nitrogen and oxygen atoms in total. The average molecular weight is 1240 g/mol. The van der Waals surface area contributed by atoms with Gasteiger partial charge in [-0.2, -0.15) is 0 Å². The van der Waals surface area contributed by atoms with E-state index in [4.69, 9.17) is 64.2 Å². The third-order valence-corrected chi connectivity index (χ3v) is 11.1. The van der Waals surface area contributed by atoms with Gasteiger partial charge in [0.2, 0.25) is 0 Å². The fourth-order valence-electron chi connectivity index (χ4n) is 7.55. The van der Waals surface area contributed by atoms with Crippen LogP contribution >= 0.6 is 0 Å². The van der Waals surface area contributed by atoms with E-state index < -0.39 is 35.5 Å². The lowest BCUT2D eigenvalue weighted by Crippen LogP contribution is -2.18. The molecule has 0 aliphatic carbocycles. The lowest BCUT2D eigenvalue weighted by molar-refractivity contribution is 0.339. The van der Waals surface area contributed by atoms with Crippen molar-refractivity contribution in [2.24, 2.45) is 53.3 Å². The summed E-state index contributed by atoms with van der Waals surface area (Å²) in [4.78, 5) is 0. The van der Waals surface area contributed by atoms with Crippen LogP contribution in [0.15, 0.2) is 0 Å². The number of hydrogen-bond acceptors (Lipinski definition) is 0. The second-order valence-electron chi connectivity index (χ2n) is 18.1. The van der Waals surface area contributed by atoms with E-state index in [2.05, 4.69) is 414 Å². The minimum absolute atomic E-state index is 0.223. The number of hydrogen-bond donors (Lipinski definition) is 0. The maximum Gasteiger partial charge on any atom is 0.0236 e. The molecule has 0 rings (SSSR count). The molecule has 0 bridgehead atoms. The van der Waals surface area contributed by atoms with Crippen molar-refractivity contribution in [1.29, 1.82) is 0 Å². The predicted molar refractivity (Wildman–Crippen MR) is 405 cm³/mol. The Balaban J connectivity index is 9.15. The Morgan fingerprint density at radius 2 is 0.310 bits per heavy atom. The Bertz CT molecular complexity index is 5730. The Morgan fingerprint density at radius 1 is 0.160 bits per heavy atom. The summed E-state index contributed by atoms with van der Waals surface area (Å²) in [5, 5.41) is 0. The molecule has 0 aliphatic rings. The SMILES string of the molecule is C#CC#CC#CC#CCCC(C#CC#CC#CC#C)CC(C#CC#CC#CC#C)CC(C#CC#CC#CC#C)CC(C#CC#CC#CC#C)CC(C#CC#CC#CC#C)CC(C#CC#CC#CC#C)CC(C#CC#CC#CC#C)CC(C#CC#CC#CC#C)CC(C)C#CC#CC#CC#C. The monoisotopic (exact) mass is 1240 g/mol. The Kier molecular flexibility index (Phi) is 54.2. The van der Waals surface area contributed by atoms with Crippen LogP contribution in [0.2, 0.25) is 0 Å². The van der Waals surface area contributed by atoms with Gasteiger partial charge in [0.1, 0.15) is 0 Å². The molecule has 0 aromatic heterocycles. The summed E-state index contributed by atoms with van der Waals surface area (Å²) in [6.07, 6.45) is 56.9. The summed E-state index contributed by atoms with van der Waals surface area (Å²) in [5.41, 5.74) is 0. The second kappa shape index (κ2) is 65.8. The smallest absolute Gasteiger partial charge is 0.0236 e. The average Bonchev–Trinajstić information content (AvgIpc) is 0.905. The molecule has 0 saturated heterocycles. The van der Waals surface area contributed by atoms with Crippen molar-refractivity contribution in [3.05, 3.63) is 0 Å². The summed E-state index contributed by atoms with van der Waals surface area (Å²) < 4.78 is 0. The molecule has 0 aliphatic heterocycles. The fraction of sp³-hybridized carbons (Fsp3) is 0.200. The first-order valence-corrected chi connectivity index (χ1v) is 28.9. The summed E-state index contributed by atoms with van der Waals surface area (Å²) in [7, 11) is 0. The van der Waals surface area contributed by atoms with Gasteiger partial charge in [0.05, 0.1) is 0 Å². The zero-order chi connectivity index (χ0) is 72.8. The zero-order valence-corrected chi connectivity index (χ0v) is 54.0. The minimum atomic E-state index is -0.537. The Morgan fingerprint density at radius 3 is 0.520 bits per heavy atom. The highest BCUT2D eigenvalue weighted by atomic mass is 14.3. The molecule has 0 saturated carbocycles. The van der Waals surface area contributed by atoms with E-state index in [9.17, 15) is 0 Å². The van der Waals surface area contributed by atoms with Crippen LogP contribution in [0.4, 0.5) is 0 Å². The van der Waals surface area contributed by atoms with Crippen LogP contribution < -0.4 is 0 Å². The van der Waals surface area contributed by atoms with Crippen molar-refractivity contribution in [1.82, 2.24) is 0 Å². The van der Waals surface area contributed by atoms with Gasteiger partial charge in [0.15, 0.2) is 0 Å². The lowest BCUT2D eigenvalue weighted by Gasteiger charge is -2.24. The zero-order valence-electron chi connectivity index (χ0n) is 54.0. The largest absolute Gasteiger partial charge is 0.106 e. The molecule has 0 aromatic rings. The second-order valence-corrected chi connectivity index (χ2v) is 18.1. The summed E-state index contributed by atoms with van der Waals surface area (Å²) in [6.45, 7) is 1.94. The summed E-state index contributed by atoms with van der Waals surface area (Å²) in [5.74, 6) is 185. The molecule has 0 amide bonds. The maximum atomic E-state index is 5.40. The van der Waals surface area contributed by atoms with Gasteiger partial charge < -0.3 is 0 Å². The normalized spacial score (nSPS) is 8.99. The predicted octanol–water partition coefficient (Wildman–Crippen LogP) is 6.89. The van der Waals surface area contributed by atoms with Crippen molar-refractivity contribution in [2.75, 3.05) is 0 Å². The highest BCUT2D eigenvalue weighted by Crippen LogP contribution is 2.32. The molecule has 100 heavy (non-hydrogen) atoms. The van der Waals surface area contributed by atoms with E-state index in [0.717, 1.165) is 0 Å². The van der Waals surface area contributed by atoms with Crippen LogP contribution in [0.5, 0.6) is 0 Å². The van der Waals surface area contributed by atoms with Crippen LogP contribution in [-0.2, 0) is 0 Å². The van der Waals surface area contributed by atoms with Gasteiger partial charge in [0, 0.05) is 59.7 Å². The molecule has 0 heterocycles. The molecule has 9 unspecified atom stereocenters. The number of terminal acetylenes is 10. The standard InChI is InChI=1S/C100H42/c1-12-22-32-42-52-53-63-66-76-93(75-65-55-44-34-24-14-3)85-95(78-68-57-46-36-26-16-5)87-97(80-70-59-48-38-28-18-7)89-99(82-72-61-50-40-30-20-9)91-100(83-73-62-51-41-31-21-10)90-98(81-71-60-49-39-29-19-8)88-96(79-69-58-47-37-27-17-6)86-94(77-67-56-45-35-25-15-4)84-92(11)74-64-54-43-33-23-13-2/h1-10,92-100H,66,76,84-91H2,11H3. The summed E-state index contributed by atoms with van der Waals surface area (Å²) >= 11 is 0. The first-order valence-electron chi connectivity index (χ1n) is 28.9. The van der Waals surface area contributed by atoms with Crippen molar-refractivity contribution in [3.8, 4) is 479 Å². The third-order valence-electron chi connectivity index (χ3n) is 11.1. The van der Waals surface area contributed by atoms with Crippen LogP contribution in [0.1, 0.15) is 71.1 Å². The lowest BCUT2D eigenvalue weighted by atomic mass is 9.78. The first-order chi connectivity index (χ1) is 49.3. The highest BCUT2D eigenvalue weighted by molar-refractivity contribution is 5.47. The van der Waals surface area contributed by atoms with Gasteiger partial charge in [-0.1, -0.05) is 66.1 Å². The molecular formula is C100H42. The molecule has 0 spiro atoms. The van der Waals surface area contributed by atoms with E-state index in [1.54, 1.807) is 0 Å². The van der Waals surface area contributed by atoms with E-state index in [0.29, 0.717) is 57.8 Å². The van der Waals surface area contributed by atoms with Gasteiger partial charge in [-0.05, 0) is 413 Å². The van der Waals surface area contributed by atoms with Crippen LogP contribution in [0.3, 0.4) is 0 Å². The van der Waals surface area contributed by atoms with Crippen LogP contribution in [0, 0.1) is 532 Å². The molecular weight excluding hydrogens is 1200 g/mol. The van der Waals surface area contributed by atoms with Gasteiger partial charge >= 0.3 is 0 Å². The fourth-order valence-corrected chi connectivity index (χ4v) is 7.55. The van der Waals surface area contributed by atoms with Gasteiger partial charge in [-0.3, -0.25) is 0 Å². The maximum absolute atomic E-state index is 5.40. The minimum Gasteiger partial charge on any atom is -0.106 e. The van der Waals surface area contributed by atoms with Gasteiger partial charge in [-0.15, -0.1) is 64.2 Å². The van der Waals surface area contributed by atoms with Crippen LogP contribution in [-0.4, -0.2) is 0 Å². The molecule has 0 fully saturated rings. The van der Waals surface area contributed by atoms with E-state index in [1.807, 2.05) is 6.92 Å². The van der Waals surface area contributed by atoms with Crippen molar-refractivity contribution in [3.63, 3.8) is 0 Å². The number of rotatable bonds is 18. The van der Waals surface area contributed by atoms with Crippen molar-refractivity contribution in [2.45, 2.75) is 71.1 Å². The molecule has 442 valence electrons. The molecule has 9 atom stereocenters. The van der Waals surface area contributed by atoms with Gasteiger partial charge in [0.25, 0.3) is 0 Å². The topological polar surface area (TPSA) is 0 Å². The van der Waals surface area contributed by atoms with Gasteiger partial charge in [-0.25, -0.2) is 0 Å². The van der Waals surface area contributed by atoms with Crippen molar-refractivity contribution < 1.29 is 0 Å². The highest BCUT2D eigenvalue weighted by Gasteiger charge is 2.26. The first kappa shape index (κ1) is 82.4. The quantitative estimate of drug-likeness (QED) is 0.132.